The lowest BCUT2D eigenvalue weighted by molar-refractivity contribution is 0.402. The van der Waals surface area contributed by atoms with Crippen molar-refractivity contribution in [3.8, 4) is 5.69 Å². The lowest BCUT2D eigenvalue weighted by Gasteiger charge is -2.41. The third-order valence-corrected chi connectivity index (χ3v) is 15.0. The topological polar surface area (TPSA) is 38.4 Å². The molecule has 0 fully saturated rings. The van der Waals surface area contributed by atoms with Gasteiger partial charge in [0.15, 0.2) is 6.17 Å². The smallest absolute Gasteiger partial charge is 0.150 e. The molecule has 0 amide bonds. The Hall–Kier alpha value is -6.57. The number of nitrogens with zero attached hydrogens (tertiary/aromatic N) is 5. The second-order valence-electron chi connectivity index (χ2n) is 14.8. The molecule has 0 saturated carbocycles. The Balaban J connectivity index is 1.10. The molecule has 0 bridgehead atoms. The zero-order valence-electron chi connectivity index (χ0n) is 29.8. The van der Waals surface area contributed by atoms with Crippen molar-refractivity contribution >= 4 is 84.8 Å². The fourth-order valence-electron chi connectivity index (χ4n) is 8.91. The number of rotatable bonds is 4. The van der Waals surface area contributed by atoms with E-state index < -0.39 is 14.2 Å². The lowest BCUT2D eigenvalue weighted by Crippen LogP contribution is -2.58. The number of halogens is 1. The summed E-state index contributed by atoms with van der Waals surface area (Å²) in [5.74, 6) is 0. The number of hydrogen-bond donors (Lipinski definition) is 0. The SMILES string of the molecule is C[Si]1(C)c2ccccc2N(c2ccccc2)c2cc3c(cc21)c1cccnc1n3-c1cccc(C(F)c2ccc3c4ccccc4n4ccnc4c3c2)c1. The first-order chi connectivity index (χ1) is 26.5. The molecule has 0 aliphatic carbocycles. The number of anilines is 3. The predicted molar refractivity (Wildman–Crippen MR) is 223 cm³/mol. The average molecular weight is 716 g/mol. The van der Waals surface area contributed by atoms with Crippen LogP contribution < -0.4 is 15.3 Å². The van der Waals surface area contributed by atoms with Crippen LogP contribution in [0.4, 0.5) is 21.5 Å². The zero-order chi connectivity index (χ0) is 36.1. The highest BCUT2D eigenvalue weighted by Gasteiger charge is 2.39. The normalized spacial score (nSPS) is 14.2. The van der Waals surface area contributed by atoms with Crippen LogP contribution in [0.15, 0.2) is 164 Å². The summed E-state index contributed by atoms with van der Waals surface area (Å²) < 4.78 is 21.2. The molecule has 0 saturated heterocycles. The fraction of sp³-hybridized carbons (Fsp3) is 0.0638. The molecule has 4 aromatic heterocycles. The first-order valence-corrected chi connectivity index (χ1v) is 21.4. The molecule has 10 aromatic rings. The third kappa shape index (κ3) is 4.36. The minimum atomic E-state index is -2.12. The molecule has 7 heteroatoms. The van der Waals surface area contributed by atoms with Crippen molar-refractivity contribution in [3.63, 3.8) is 0 Å². The Kier molecular flexibility index (Phi) is 6.58. The molecule has 1 atom stereocenters. The van der Waals surface area contributed by atoms with Crippen LogP contribution in [0.3, 0.4) is 0 Å². The lowest BCUT2D eigenvalue weighted by atomic mass is 9.98. The number of imidazole rings is 1. The number of fused-ring (bicyclic) bond motifs is 11. The molecule has 1 aliphatic rings. The summed E-state index contributed by atoms with van der Waals surface area (Å²) in [7, 11) is -2.12. The molecular weight excluding hydrogens is 682 g/mol. The first-order valence-electron chi connectivity index (χ1n) is 18.4. The standard InChI is InChI=1S/C47H34FN5Si/c1-54(2)43-20-9-8-19-40(43)52(32-13-4-3-5-14-32)42-29-41-37(28-44(42)54)36-17-11-23-49-47(36)53(41)33-15-10-12-30(26-33)45(48)31-21-22-34-35-16-6-7-18-39(35)51-25-24-50-46(51)38(34)27-31/h3-29,45H,1-2H3. The van der Waals surface area contributed by atoms with E-state index in [2.05, 4.69) is 123 Å². The molecule has 0 N–H and O–H groups in total. The van der Waals surface area contributed by atoms with Crippen molar-refractivity contribution in [2.24, 2.45) is 0 Å². The van der Waals surface area contributed by atoms with E-state index >= 15 is 4.39 Å². The van der Waals surface area contributed by atoms with Gasteiger partial charge in [0.25, 0.3) is 0 Å². The van der Waals surface area contributed by atoms with Gasteiger partial charge < -0.3 is 4.90 Å². The number of benzene rings is 6. The van der Waals surface area contributed by atoms with E-state index in [1.165, 1.54) is 21.7 Å². The Bertz CT molecular complexity index is 3130. The van der Waals surface area contributed by atoms with Gasteiger partial charge in [-0.1, -0.05) is 98.0 Å². The quantitative estimate of drug-likeness (QED) is 0.135. The summed E-state index contributed by atoms with van der Waals surface area (Å²) in [6.07, 6.45) is 4.28. The highest BCUT2D eigenvalue weighted by Crippen LogP contribution is 2.42. The summed E-state index contributed by atoms with van der Waals surface area (Å²) >= 11 is 0. The van der Waals surface area contributed by atoms with E-state index in [4.69, 9.17) is 4.98 Å². The fourth-order valence-corrected chi connectivity index (χ4v) is 11.9. The molecule has 1 unspecified atom stereocenters. The van der Waals surface area contributed by atoms with Crippen LogP contribution in [0.1, 0.15) is 17.3 Å². The van der Waals surface area contributed by atoms with E-state index in [0.717, 1.165) is 60.6 Å². The van der Waals surface area contributed by atoms with Crippen molar-refractivity contribution in [2.45, 2.75) is 19.3 Å². The highest BCUT2D eigenvalue weighted by molar-refractivity contribution is 7.02. The minimum Gasteiger partial charge on any atom is -0.311 e. The van der Waals surface area contributed by atoms with Crippen LogP contribution in [0, 0.1) is 0 Å². The number of hydrogen-bond acceptors (Lipinski definition) is 3. The van der Waals surface area contributed by atoms with E-state index in [9.17, 15) is 0 Å². The second kappa shape index (κ2) is 11.5. The molecule has 5 heterocycles. The first kappa shape index (κ1) is 31.0. The monoisotopic (exact) mass is 715 g/mol. The predicted octanol–water partition coefficient (Wildman–Crippen LogP) is 10.8. The number of alkyl halides is 1. The summed E-state index contributed by atoms with van der Waals surface area (Å²) in [4.78, 5) is 12.0. The average Bonchev–Trinajstić information content (AvgIpc) is 3.84. The summed E-state index contributed by atoms with van der Waals surface area (Å²) in [6, 6.07) is 50.5. The molecule has 6 aromatic carbocycles. The largest absolute Gasteiger partial charge is 0.311 e. The number of para-hydroxylation sites is 3. The molecule has 5 nitrogen and oxygen atoms in total. The second-order valence-corrected chi connectivity index (χ2v) is 19.1. The number of pyridine rings is 2. The molecule has 258 valence electrons. The van der Waals surface area contributed by atoms with Crippen molar-refractivity contribution in [2.75, 3.05) is 4.90 Å². The van der Waals surface area contributed by atoms with Crippen LogP contribution in [0.5, 0.6) is 0 Å². The van der Waals surface area contributed by atoms with Gasteiger partial charge in [-0.3, -0.25) is 8.97 Å². The molecule has 0 spiro atoms. The van der Waals surface area contributed by atoms with Crippen LogP contribution in [-0.4, -0.2) is 27.0 Å². The van der Waals surface area contributed by atoms with Gasteiger partial charge in [0.05, 0.1) is 11.0 Å². The van der Waals surface area contributed by atoms with Gasteiger partial charge in [-0.05, 0) is 87.6 Å². The minimum absolute atomic E-state index is 0.587. The Labute approximate surface area is 312 Å². The third-order valence-electron chi connectivity index (χ3n) is 11.5. The van der Waals surface area contributed by atoms with Crippen molar-refractivity contribution in [1.29, 1.82) is 0 Å². The Morgan fingerprint density at radius 3 is 2.19 bits per heavy atom. The van der Waals surface area contributed by atoms with E-state index in [1.54, 1.807) is 0 Å². The Morgan fingerprint density at radius 2 is 1.28 bits per heavy atom. The van der Waals surface area contributed by atoms with E-state index in [1.807, 2.05) is 73.2 Å². The molecule has 11 rings (SSSR count). The van der Waals surface area contributed by atoms with Crippen LogP contribution in [-0.2, 0) is 0 Å². The van der Waals surface area contributed by atoms with Crippen molar-refractivity contribution in [3.05, 3.63) is 175 Å². The number of aromatic nitrogens is 4. The highest BCUT2D eigenvalue weighted by atomic mass is 28.3. The maximum atomic E-state index is 16.9. The summed E-state index contributed by atoms with van der Waals surface area (Å²) in [6.45, 7) is 4.90. The van der Waals surface area contributed by atoms with Gasteiger partial charge in [-0.15, -0.1) is 0 Å². The Morgan fingerprint density at radius 1 is 0.519 bits per heavy atom. The maximum Gasteiger partial charge on any atom is 0.150 e. The van der Waals surface area contributed by atoms with Crippen LogP contribution >= 0.6 is 0 Å². The van der Waals surface area contributed by atoms with Gasteiger partial charge in [0.1, 0.15) is 19.4 Å². The molecule has 0 radical (unpaired) electrons. The van der Waals surface area contributed by atoms with Crippen molar-refractivity contribution < 1.29 is 4.39 Å². The van der Waals surface area contributed by atoms with Gasteiger partial charge in [0, 0.05) is 62.9 Å². The van der Waals surface area contributed by atoms with E-state index in [-0.39, 0.29) is 0 Å². The van der Waals surface area contributed by atoms with Crippen molar-refractivity contribution in [1.82, 2.24) is 18.9 Å². The van der Waals surface area contributed by atoms with Gasteiger partial charge in [0.2, 0.25) is 0 Å². The molecule has 1 aliphatic heterocycles. The molecular formula is C47H34FN5Si. The van der Waals surface area contributed by atoms with Crippen LogP contribution in [0.25, 0.3) is 54.9 Å². The van der Waals surface area contributed by atoms with Gasteiger partial charge >= 0.3 is 0 Å². The van der Waals surface area contributed by atoms with E-state index in [0.29, 0.717) is 11.1 Å². The van der Waals surface area contributed by atoms with Crippen LogP contribution in [0.2, 0.25) is 13.1 Å². The van der Waals surface area contributed by atoms with Gasteiger partial charge in [-0.25, -0.2) is 14.4 Å². The maximum absolute atomic E-state index is 16.9. The molecule has 54 heavy (non-hydrogen) atoms. The van der Waals surface area contributed by atoms with Gasteiger partial charge in [-0.2, -0.15) is 0 Å². The summed E-state index contributed by atoms with van der Waals surface area (Å²) in [5.41, 5.74) is 9.38. The summed E-state index contributed by atoms with van der Waals surface area (Å²) in [5, 5.41) is 8.14. The zero-order valence-corrected chi connectivity index (χ0v) is 30.8.